The fraction of sp³-hybridized carbons (Fsp3) is 0.417. The third kappa shape index (κ3) is 3.10. The van der Waals surface area contributed by atoms with Gasteiger partial charge in [-0.1, -0.05) is 0 Å². The smallest absolute Gasteiger partial charge is 0.219 e. The summed E-state index contributed by atoms with van der Waals surface area (Å²) in [6.45, 7) is 1.89. The maximum absolute atomic E-state index is 10.9. The van der Waals surface area contributed by atoms with Gasteiger partial charge in [0.25, 0.3) is 0 Å². The minimum absolute atomic E-state index is 0.0868. The second-order valence-corrected chi connectivity index (χ2v) is 3.84. The molecule has 17 heavy (non-hydrogen) atoms. The van der Waals surface area contributed by atoms with Gasteiger partial charge in [0.15, 0.2) is 0 Å². The lowest BCUT2D eigenvalue weighted by atomic mass is 9.97. The molecule has 0 fully saturated rings. The zero-order valence-electron chi connectivity index (χ0n) is 10.3. The largest absolute Gasteiger partial charge is 0.497 e. The number of hydrogen-bond acceptors (Lipinski definition) is 4. The molecule has 0 heterocycles. The summed E-state index contributed by atoms with van der Waals surface area (Å²) in [5, 5.41) is 0. The van der Waals surface area contributed by atoms with Crippen LogP contribution in [0.5, 0.6) is 11.5 Å². The SMILES string of the molecule is COc1cc(C)c(C(N)CC(N)=O)c(OC)c1. The normalized spacial score (nSPS) is 12.0. The molecule has 1 unspecified atom stereocenters. The van der Waals surface area contributed by atoms with E-state index in [4.69, 9.17) is 20.9 Å². The summed E-state index contributed by atoms with van der Waals surface area (Å²) in [4.78, 5) is 10.9. The van der Waals surface area contributed by atoms with Crippen molar-refractivity contribution < 1.29 is 14.3 Å². The summed E-state index contributed by atoms with van der Waals surface area (Å²) in [6, 6.07) is 3.12. The zero-order valence-corrected chi connectivity index (χ0v) is 10.3. The van der Waals surface area contributed by atoms with Crippen LogP contribution in [0.25, 0.3) is 0 Å². The van der Waals surface area contributed by atoms with Gasteiger partial charge < -0.3 is 20.9 Å². The lowest BCUT2D eigenvalue weighted by Crippen LogP contribution is -2.22. The highest BCUT2D eigenvalue weighted by atomic mass is 16.5. The molecule has 0 bridgehead atoms. The monoisotopic (exact) mass is 238 g/mol. The van der Waals surface area contributed by atoms with E-state index in [0.29, 0.717) is 11.5 Å². The molecule has 0 radical (unpaired) electrons. The second kappa shape index (κ2) is 5.54. The Morgan fingerprint density at radius 2 is 2.00 bits per heavy atom. The molecule has 1 atom stereocenters. The molecule has 0 saturated carbocycles. The molecule has 5 nitrogen and oxygen atoms in total. The molecule has 4 N–H and O–H groups in total. The van der Waals surface area contributed by atoms with Gasteiger partial charge in [0, 0.05) is 24.1 Å². The Labute approximate surface area is 101 Å². The summed E-state index contributed by atoms with van der Waals surface area (Å²) >= 11 is 0. The first-order valence-electron chi connectivity index (χ1n) is 5.26. The molecule has 1 aromatic rings. The van der Waals surface area contributed by atoms with Gasteiger partial charge in [-0.25, -0.2) is 0 Å². The number of carbonyl (C=O) groups excluding carboxylic acids is 1. The molecule has 0 spiro atoms. The molecule has 0 aliphatic heterocycles. The van der Waals surface area contributed by atoms with Crippen LogP contribution in [0.1, 0.15) is 23.6 Å². The van der Waals surface area contributed by atoms with Gasteiger partial charge in [-0.3, -0.25) is 4.79 Å². The van der Waals surface area contributed by atoms with Crippen LogP contribution in [0.3, 0.4) is 0 Å². The van der Waals surface area contributed by atoms with Crippen LogP contribution in [0, 0.1) is 6.92 Å². The number of amides is 1. The second-order valence-electron chi connectivity index (χ2n) is 3.84. The van der Waals surface area contributed by atoms with Crippen molar-refractivity contribution in [3.8, 4) is 11.5 Å². The number of primary amides is 1. The quantitative estimate of drug-likeness (QED) is 0.797. The van der Waals surface area contributed by atoms with E-state index in [-0.39, 0.29) is 6.42 Å². The number of rotatable bonds is 5. The van der Waals surface area contributed by atoms with E-state index >= 15 is 0 Å². The third-order valence-electron chi connectivity index (χ3n) is 2.57. The van der Waals surface area contributed by atoms with E-state index in [1.54, 1.807) is 20.3 Å². The Hall–Kier alpha value is -1.75. The van der Waals surface area contributed by atoms with Crippen LogP contribution in [0.15, 0.2) is 12.1 Å². The summed E-state index contributed by atoms with van der Waals surface area (Å²) in [5.41, 5.74) is 12.8. The number of ether oxygens (including phenoxy) is 2. The Balaban J connectivity index is 3.17. The van der Waals surface area contributed by atoms with Crippen molar-refractivity contribution in [2.75, 3.05) is 14.2 Å². The number of aryl methyl sites for hydroxylation is 1. The van der Waals surface area contributed by atoms with Crippen molar-refractivity contribution >= 4 is 5.91 Å². The van der Waals surface area contributed by atoms with Crippen LogP contribution in [-0.4, -0.2) is 20.1 Å². The molecule has 1 rings (SSSR count). The fourth-order valence-electron chi connectivity index (χ4n) is 1.81. The van der Waals surface area contributed by atoms with Crippen molar-refractivity contribution in [3.63, 3.8) is 0 Å². The highest BCUT2D eigenvalue weighted by molar-refractivity contribution is 5.75. The van der Waals surface area contributed by atoms with Crippen molar-refractivity contribution in [1.82, 2.24) is 0 Å². The third-order valence-corrected chi connectivity index (χ3v) is 2.57. The van der Waals surface area contributed by atoms with Crippen LogP contribution in [-0.2, 0) is 4.79 Å². The first-order valence-corrected chi connectivity index (χ1v) is 5.26. The number of benzene rings is 1. The van der Waals surface area contributed by atoms with Crippen molar-refractivity contribution in [2.24, 2.45) is 11.5 Å². The maximum atomic E-state index is 10.9. The molecular formula is C12H18N2O3. The van der Waals surface area contributed by atoms with Crippen molar-refractivity contribution in [2.45, 2.75) is 19.4 Å². The van der Waals surface area contributed by atoms with Crippen LogP contribution in [0.2, 0.25) is 0 Å². The van der Waals surface area contributed by atoms with Gasteiger partial charge in [0.2, 0.25) is 5.91 Å². The fourth-order valence-corrected chi connectivity index (χ4v) is 1.81. The molecule has 5 heteroatoms. The van der Waals surface area contributed by atoms with Crippen molar-refractivity contribution in [3.05, 3.63) is 23.3 Å². The Morgan fingerprint density at radius 1 is 1.35 bits per heavy atom. The van der Waals surface area contributed by atoms with E-state index < -0.39 is 11.9 Å². The molecular weight excluding hydrogens is 220 g/mol. The standard InChI is InChI=1S/C12H18N2O3/c1-7-4-8(16-2)5-10(17-3)12(7)9(13)6-11(14)15/h4-5,9H,6,13H2,1-3H3,(H2,14,15). The predicted octanol–water partition coefficient (Wildman–Crippen LogP) is 0.887. The molecule has 94 valence electrons. The lowest BCUT2D eigenvalue weighted by molar-refractivity contribution is -0.118. The van der Waals surface area contributed by atoms with E-state index in [1.165, 1.54) is 0 Å². The highest BCUT2D eigenvalue weighted by Crippen LogP contribution is 2.33. The van der Waals surface area contributed by atoms with Gasteiger partial charge in [-0.15, -0.1) is 0 Å². The number of methoxy groups -OCH3 is 2. The molecule has 0 saturated heterocycles. The highest BCUT2D eigenvalue weighted by Gasteiger charge is 2.18. The van der Waals surface area contributed by atoms with E-state index in [1.807, 2.05) is 13.0 Å². The predicted molar refractivity (Wildman–Crippen MR) is 65.0 cm³/mol. The summed E-state index contributed by atoms with van der Waals surface area (Å²) in [6.07, 6.45) is 0.0868. The lowest BCUT2D eigenvalue weighted by Gasteiger charge is -2.18. The summed E-state index contributed by atoms with van der Waals surface area (Å²) in [7, 11) is 3.13. The van der Waals surface area contributed by atoms with E-state index in [0.717, 1.165) is 11.1 Å². The molecule has 1 aromatic carbocycles. The molecule has 1 amide bonds. The van der Waals surface area contributed by atoms with E-state index in [9.17, 15) is 4.79 Å². The van der Waals surface area contributed by atoms with Gasteiger partial charge in [0.05, 0.1) is 14.2 Å². The number of carbonyl (C=O) groups is 1. The first-order chi connectivity index (χ1) is 7.99. The zero-order chi connectivity index (χ0) is 13.0. The topological polar surface area (TPSA) is 87.6 Å². The molecule has 0 aromatic heterocycles. The van der Waals surface area contributed by atoms with Crippen molar-refractivity contribution in [1.29, 1.82) is 0 Å². The summed E-state index contributed by atoms with van der Waals surface area (Å²) < 4.78 is 10.4. The maximum Gasteiger partial charge on any atom is 0.219 e. The van der Waals surface area contributed by atoms with Crippen LogP contribution >= 0.6 is 0 Å². The Morgan fingerprint density at radius 3 is 2.47 bits per heavy atom. The minimum atomic E-state index is -0.464. The van der Waals surface area contributed by atoms with Gasteiger partial charge >= 0.3 is 0 Å². The Kier molecular flexibility index (Phi) is 4.34. The number of hydrogen-bond donors (Lipinski definition) is 2. The number of nitrogens with two attached hydrogens (primary N) is 2. The molecule has 0 aliphatic rings. The van der Waals surface area contributed by atoms with Gasteiger partial charge in [0.1, 0.15) is 11.5 Å². The van der Waals surface area contributed by atoms with E-state index in [2.05, 4.69) is 0 Å². The average Bonchev–Trinajstić information content (AvgIpc) is 2.26. The molecule has 0 aliphatic carbocycles. The van der Waals surface area contributed by atoms with Gasteiger partial charge in [-0.2, -0.15) is 0 Å². The summed E-state index contributed by atoms with van der Waals surface area (Å²) in [5.74, 6) is 0.861. The Bertz CT molecular complexity index is 418. The first kappa shape index (κ1) is 13.3. The minimum Gasteiger partial charge on any atom is -0.497 e. The van der Waals surface area contributed by atoms with Crippen LogP contribution in [0.4, 0.5) is 0 Å². The average molecular weight is 238 g/mol. The van der Waals surface area contributed by atoms with Crippen LogP contribution < -0.4 is 20.9 Å². The van der Waals surface area contributed by atoms with Gasteiger partial charge in [-0.05, 0) is 18.6 Å².